The van der Waals surface area contributed by atoms with E-state index < -0.39 is 5.79 Å². The highest BCUT2D eigenvalue weighted by molar-refractivity contribution is 4.87. The van der Waals surface area contributed by atoms with Gasteiger partial charge in [-0.2, -0.15) is 9.78 Å². The molecule has 0 aromatic rings. The van der Waals surface area contributed by atoms with Crippen molar-refractivity contribution in [1.29, 1.82) is 0 Å². The van der Waals surface area contributed by atoms with Crippen LogP contribution in [0.1, 0.15) is 40.0 Å². The third kappa shape index (κ3) is 3.41. The second-order valence-corrected chi connectivity index (χ2v) is 5.27. The molecule has 1 saturated carbocycles. The molecular formula is C11H22O4. The molecule has 0 aromatic heterocycles. The SMILES string of the molecule is COOC1(OOC)CC(C)CC(C)(C)C1. The van der Waals surface area contributed by atoms with Crippen LogP contribution in [0.3, 0.4) is 0 Å². The lowest BCUT2D eigenvalue weighted by atomic mass is 9.70. The Hall–Kier alpha value is -0.160. The quantitative estimate of drug-likeness (QED) is 0.413. The van der Waals surface area contributed by atoms with Gasteiger partial charge < -0.3 is 0 Å². The Morgan fingerprint density at radius 3 is 1.93 bits per heavy atom. The van der Waals surface area contributed by atoms with Gasteiger partial charge in [-0.15, -0.1) is 0 Å². The van der Waals surface area contributed by atoms with Crippen LogP contribution in [-0.2, 0) is 19.6 Å². The third-order valence-corrected chi connectivity index (χ3v) is 2.78. The largest absolute Gasteiger partial charge is 0.237 e. The molecule has 0 N–H and O–H groups in total. The van der Waals surface area contributed by atoms with Gasteiger partial charge in [-0.05, 0) is 17.8 Å². The molecule has 1 unspecified atom stereocenters. The van der Waals surface area contributed by atoms with E-state index >= 15 is 0 Å². The van der Waals surface area contributed by atoms with E-state index in [1.807, 2.05) is 0 Å². The fourth-order valence-corrected chi connectivity index (χ4v) is 2.86. The van der Waals surface area contributed by atoms with E-state index in [-0.39, 0.29) is 5.41 Å². The minimum atomic E-state index is -0.759. The minimum absolute atomic E-state index is 0.175. The maximum atomic E-state index is 5.27. The molecule has 1 aliphatic rings. The summed E-state index contributed by atoms with van der Waals surface area (Å²) in [5.41, 5.74) is 0.175. The van der Waals surface area contributed by atoms with E-state index in [0.29, 0.717) is 5.92 Å². The summed E-state index contributed by atoms with van der Waals surface area (Å²) in [6.45, 7) is 6.60. The highest BCUT2D eigenvalue weighted by Gasteiger charge is 2.47. The van der Waals surface area contributed by atoms with Crippen LogP contribution in [-0.4, -0.2) is 20.0 Å². The van der Waals surface area contributed by atoms with E-state index in [4.69, 9.17) is 19.6 Å². The third-order valence-electron chi connectivity index (χ3n) is 2.78. The highest BCUT2D eigenvalue weighted by atomic mass is 17.3. The lowest BCUT2D eigenvalue weighted by molar-refractivity contribution is -0.512. The zero-order valence-electron chi connectivity index (χ0n) is 10.3. The Morgan fingerprint density at radius 1 is 1.00 bits per heavy atom. The summed E-state index contributed by atoms with van der Waals surface area (Å²) < 4.78 is 0. The van der Waals surface area contributed by atoms with Gasteiger partial charge in [0.1, 0.15) is 0 Å². The van der Waals surface area contributed by atoms with Crippen LogP contribution in [0.5, 0.6) is 0 Å². The summed E-state index contributed by atoms with van der Waals surface area (Å²) in [5.74, 6) is -0.232. The molecule has 0 aliphatic heterocycles. The molecule has 0 aromatic carbocycles. The van der Waals surface area contributed by atoms with Crippen molar-refractivity contribution in [2.75, 3.05) is 14.2 Å². The molecule has 0 saturated heterocycles. The first-order chi connectivity index (χ1) is 6.93. The molecule has 4 heteroatoms. The van der Waals surface area contributed by atoms with Crippen LogP contribution in [0.4, 0.5) is 0 Å². The van der Waals surface area contributed by atoms with Crippen molar-refractivity contribution < 1.29 is 19.6 Å². The van der Waals surface area contributed by atoms with Gasteiger partial charge >= 0.3 is 0 Å². The standard InChI is InChI=1S/C11H22O4/c1-9-6-10(2,3)8-11(7-9,14-12-4)15-13-5/h9H,6-8H2,1-5H3. The highest BCUT2D eigenvalue weighted by Crippen LogP contribution is 2.46. The van der Waals surface area contributed by atoms with E-state index in [2.05, 4.69) is 20.8 Å². The molecule has 1 fully saturated rings. The zero-order valence-corrected chi connectivity index (χ0v) is 10.3. The van der Waals surface area contributed by atoms with Gasteiger partial charge in [0.05, 0.1) is 14.2 Å². The van der Waals surface area contributed by atoms with Gasteiger partial charge in [0.2, 0.25) is 5.79 Å². The summed E-state index contributed by atoms with van der Waals surface area (Å²) >= 11 is 0. The average Bonchev–Trinajstić information content (AvgIpc) is 1.99. The summed E-state index contributed by atoms with van der Waals surface area (Å²) in [6, 6.07) is 0. The summed E-state index contributed by atoms with van der Waals surface area (Å²) in [6.07, 6.45) is 2.72. The van der Waals surface area contributed by atoms with Gasteiger partial charge in [0.25, 0.3) is 0 Å². The number of hydrogen-bond acceptors (Lipinski definition) is 4. The van der Waals surface area contributed by atoms with Crippen molar-refractivity contribution >= 4 is 0 Å². The molecule has 0 radical (unpaired) electrons. The van der Waals surface area contributed by atoms with E-state index in [1.165, 1.54) is 14.2 Å². The van der Waals surface area contributed by atoms with Crippen LogP contribution < -0.4 is 0 Å². The number of rotatable bonds is 4. The first-order valence-corrected chi connectivity index (χ1v) is 5.37. The zero-order chi connectivity index (χ0) is 11.5. The van der Waals surface area contributed by atoms with E-state index in [1.54, 1.807) is 0 Å². The van der Waals surface area contributed by atoms with Crippen molar-refractivity contribution in [2.24, 2.45) is 11.3 Å². The van der Waals surface area contributed by atoms with Crippen molar-refractivity contribution in [3.05, 3.63) is 0 Å². The van der Waals surface area contributed by atoms with Gasteiger partial charge in [0.15, 0.2) is 0 Å². The van der Waals surface area contributed by atoms with E-state index in [0.717, 1.165) is 19.3 Å². The maximum absolute atomic E-state index is 5.27. The molecular weight excluding hydrogens is 196 g/mol. The summed E-state index contributed by atoms with van der Waals surface area (Å²) in [5, 5.41) is 0. The fourth-order valence-electron chi connectivity index (χ4n) is 2.86. The van der Waals surface area contributed by atoms with Crippen molar-refractivity contribution in [3.8, 4) is 0 Å². The molecule has 0 amide bonds. The maximum Gasteiger partial charge on any atom is 0.234 e. The molecule has 1 rings (SSSR count). The number of hydrogen-bond donors (Lipinski definition) is 0. The molecule has 4 nitrogen and oxygen atoms in total. The van der Waals surface area contributed by atoms with Gasteiger partial charge in [-0.1, -0.05) is 20.8 Å². The van der Waals surface area contributed by atoms with Gasteiger partial charge in [-0.3, -0.25) is 0 Å². The molecule has 0 heterocycles. The second kappa shape index (κ2) is 4.78. The van der Waals surface area contributed by atoms with E-state index in [9.17, 15) is 0 Å². The minimum Gasteiger partial charge on any atom is -0.237 e. The average molecular weight is 218 g/mol. The molecule has 1 aliphatic carbocycles. The smallest absolute Gasteiger partial charge is 0.234 e. The predicted octanol–water partition coefficient (Wildman–Crippen LogP) is 2.68. The normalized spacial score (nSPS) is 29.0. The first kappa shape index (κ1) is 12.9. The lowest BCUT2D eigenvalue weighted by Crippen LogP contribution is -2.46. The van der Waals surface area contributed by atoms with Crippen LogP contribution in [0.15, 0.2) is 0 Å². The van der Waals surface area contributed by atoms with Crippen LogP contribution in [0.25, 0.3) is 0 Å². The Bertz CT molecular complexity index is 197. The first-order valence-electron chi connectivity index (χ1n) is 5.37. The van der Waals surface area contributed by atoms with Crippen molar-refractivity contribution in [2.45, 2.75) is 45.8 Å². The van der Waals surface area contributed by atoms with Crippen LogP contribution >= 0.6 is 0 Å². The van der Waals surface area contributed by atoms with Crippen LogP contribution in [0.2, 0.25) is 0 Å². The van der Waals surface area contributed by atoms with Gasteiger partial charge in [0, 0.05) is 12.8 Å². The summed E-state index contributed by atoms with van der Waals surface area (Å²) in [4.78, 5) is 20.1. The molecule has 1 atom stereocenters. The Morgan fingerprint density at radius 2 is 1.53 bits per heavy atom. The Balaban J connectivity index is 2.76. The topological polar surface area (TPSA) is 36.9 Å². The Kier molecular flexibility index (Phi) is 4.12. The molecule has 0 spiro atoms. The van der Waals surface area contributed by atoms with Crippen molar-refractivity contribution in [3.63, 3.8) is 0 Å². The monoisotopic (exact) mass is 218 g/mol. The Labute approximate surface area is 91.7 Å². The fraction of sp³-hybridized carbons (Fsp3) is 1.00. The molecule has 15 heavy (non-hydrogen) atoms. The second-order valence-electron chi connectivity index (χ2n) is 5.27. The summed E-state index contributed by atoms with van der Waals surface area (Å²) in [7, 11) is 2.99. The lowest BCUT2D eigenvalue weighted by Gasteiger charge is -2.44. The van der Waals surface area contributed by atoms with Gasteiger partial charge in [-0.25, -0.2) is 9.78 Å². The van der Waals surface area contributed by atoms with Crippen molar-refractivity contribution in [1.82, 2.24) is 0 Å². The molecule has 0 bridgehead atoms. The molecule has 90 valence electrons. The predicted molar refractivity (Wildman–Crippen MR) is 55.7 cm³/mol. The van der Waals surface area contributed by atoms with Crippen LogP contribution in [0, 0.1) is 11.3 Å².